The van der Waals surface area contributed by atoms with Crippen LogP contribution in [0.4, 0.5) is 0 Å². The number of hydrogen-bond acceptors (Lipinski definition) is 6. The fourth-order valence-corrected chi connectivity index (χ4v) is 3.37. The van der Waals surface area contributed by atoms with E-state index in [-0.39, 0.29) is 11.8 Å². The lowest BCUT2D eigenvalue weighted by molar-refractivity contribution is 0.0703. The molecule has 0 spiro atoms. The van der Waals surface area contributed by atoms with Gasteiger partial charge in [-0.2, -0.15) is 4.98 Å². The molecule has 0 N–H and O–H groups in total. The number of piperidine rings is 1. The predicted octanol–water partition coefficient (Wildman–Crippen LogP) is 2.16. The molecule has 3 heterocycles. The minimum atomic E-state index is 0.0119. The molecule has 1 amide bonds. The van der Waals surface area contributed by atoms with Gasteiger partial charge in [0.2, 0.25) is 5.89 Å². The Balaban J connectivity index is 1.55. The van der Waals surface area contributed by atoms with Gasteiger partial charge in [-0.3, -0.25) is 4.79 Å². The number of benzene rings is 1. The van der Waals surface area contributed by atoms with Crippen molar-refractivity contribution in [3.05, 3.63) is 35.5 Å². The Morgan fingerprint density at radius 3 is 3.04 bits per heavy atom. The van der Waals surface area contributed by atoms with Crippen LogP contribution in [0, 0.1) is 6.92 Å². The van der Waals surface area contributed by atoms with E-state index in [2.05, 4.69) is 20.5 Å². The van der Waals surface area contributed by atoms with E-state index in [0.717, 1.165) is 37.0 Å². The minimum absolute atomic E-state index is 0.0119. The monoisotopic (exact) mass is 340 g/mol. The van der Waals surface area contributed by atoms with Crippen molar-refractivity contribution in [3.8, 4) is 0 Å². The maximum Gasteiger partial charge on any atom is 0.253 e. The van der Waals surface area contributed by atoms with Crippen molar-refractivity contribution in [3.63, 3.8) is 0 Å². The minimum Gasteiger partial charge on any atom is -0.340 e. The Hall–Kier alpha value is -2.77. The quantitative estimate of drug-likeness (QED) is 0.726. The lowest BCUT2D eigenvalue weighted by Gasteiger charge is -2.31. The maximum absolute atomic E-state index is 12.9. The first-order chi connectivity index (χ1) is 12.2. The van der Waals surface area contributed by atoms with Gasteiger partial charge in [0.25, 0.3) is 5.91 Å². The van der Waals surface area contributed by atoms with Gasteiger partial charge in [-0.05, 0) is 38.0 Å². The summed E-state index contributed by atoms with van der Waals surface area (Å²) in [4.78, 5) is 19.1. The molecule has 130 valence electrons. The summed E-state index contributed by atoms with van der Waals surface area (Å²) in [6.07, 6.45) is 1.89. The smallest absolute Gasteiger partial charge is 0.253 e. The van der Waals surface area contributed by atoms with Crippen molar-refractivity contribution in [2.75, 3.05) is 13.1 Å². The van der Waals surface area contributed by atoms with Crippen LogP contribution in [0.2, 0.25) is 0 Å². The maximum atomic E-state index is 12.9. The molecule has 0 saturated carbocycles. The zero-order valence-corrected chi connectivity index (χ0v) is 14.3. The highest BCUT2D eigenvalue weighted by molar-refractivity contribution is 5.97. The van der Waals surface area contributed by atoms with E-state index in [4.69, 9.17) is 4.52 Å². The SMILES string of the molecule is CCn1nnc2cc(C(=O)N3CCC[C@H](c4noc(C)n4)C3)ccc21. The fourth-order valence-electron chi connectivity index (χ4n) is 3.37. The zero-order valence-electron chi connectivity index (χ0n) is 14.3. The van der Waals surface area contributed by atoms with Crippen molar-refractivity contribution in [2.24, 2.45) is 0 Å². The molecule has 0 unspecified atom stereocenters. The van der Waals surface area contributed by atoms with Crippen LogP contribution in [-0.4, -0.2) is 49.0 Å². The molecule has 25 heavy (non-hydrogen) atoms. The average Bonchev–Trinajstić information content (AvgIpc) is 3.26. The molecular weight excluding hydrogens is 320 g/mol. The van der Waals surface area contributed by atoms with Crippen molar-refractivity contribution in [1.29, 1.82) is 0 Å². The number of nitrogens with zero attached hydrogens (tertiary/aromatic N) is 6. The van der Waals surface area contributed by atoms with E-state index in [0.29, 0.717) is 23.8 Å². The van der Waals surface area contributed by atoms with Gasteiger partial charge in [-0.15, -0.1) is 5.10 Å². The number of hydrogen-bond donors (Lipinski definition) is 0. The second-order valence-electron chi connectivity index (χ2n) is 6.37. The van der Waals surface area contributed by atoms with E-state index >= 15 is 0 Å². The number of aromatic nitrogens is 5. The van der Waals surface area contributed by atoms with Gasteiger partial charge in [0.15, 0.2) is 5.82 Å². The van der Waals surface area contributed by atoms with Crippen LogP contribution in [-0.2, 0) is 6.54 Å². The van der Waals surface area contributed by atoms with Gasteiger partial charge >= 0.3 is 0 Å². The Labute approximate surface area is 144 Å². The summed E-state index contributed by atoms with van der Waals surface area (Å²) >= 11 is 0. The summed E-state index contributed by atoms with van der Waals surface area (Å²) in [5, 5.41) is 12.3. The highest BCUT2D eigenvalue weighted by atomic mass is 16.5. The Kier molecular flexibility index (Phi) is 3.95. The van der Waals surface area contributed by atoms with Crippen LogP contribution in [0.3, 0.4) is 0 Å². The molecule has 1 aliphatic rings. The van der Waals surface area contributed by atoms with E-state index in [1.54, 1.807) is 6.92 Å². The van der Waals surface area contributed by atoms with Gasteiger partial charge < -0.3 is 9.42 Å². The van der Waals surface area contributed by atoms with Crippen LogP contribution in [0.25, 0.3) is 11.0 Å². The Bertz CT molecular complexity index is 915. The van der Waals surface area contributed by atoms with Gasteiger partial charge in [0, 0.05) is 38.0 Å². The standard InChI is InChI=1S/C17H20N6O2/c1-3-23-15-7-6-12(9-14(15)19-21-23)17(24)22-8-4-5-13(10-22)16-18-11(2)25-20-16/h6-7,9,13H,3-5,8,10H2,1-2H3/t13-/m0/s1. The van der Waals surface area contributed by atoms with Gasteiger partial charge in [-0.1, -0.05) is 10.4 Å². The van der Waals surface area contributed by atoms with Crippen LogP contribution in [0.15, 0.2) is 22.7 Å². The van der Waals surface area contributed by atoms with Crippen molar-refractivity contribution in [2.45, 2.75) is 39.2 Å². The summed E-state index contributed by atoms with van der Waals surface area (Å²) in [6, 6.07) is 5.58. The molecule has 1 aliphatic heterocycles. The second kappa shape index (κ2) is 6.27. The molecule has 2 aromatic heterocycles. The van der Waals surface area contributed by atoms with E-state index in [1.165, 1.54) is 0 Å². The molecule has 0 aliphatic carbocycles. The third-order valence-electron chi connectivity index (χ3n) is 4.68. The number of carbonyl (C=O) groups is 1. The van der Waals surface area contributed by atoms with Gasteiger partial charge in [-0.25, -0.2) is 4.68 Å². The molecule has 8 heteroatoms. The number of rotatable bonds is 3. The molecule has 4 rings (SSSR count). The number of likely N-dealkylation sites (tertiary alicyclic amines) is 1. The third kappa shape index (κ3) is 2.88. The Morgan fingerprint density at radius 2 is 2.28 bits per heavy atom. The van der Waals surface area contributed by atoms with E-state index in [1.807, 2.05) is 34.7 Å². The summed E-state index contributed by atoms with van der Waals surface area (Å²) in [5.74, 6) is 1.39. The first-order valence-electron chi connectivity index (χ1n) is 8.58. The first-order valence-corrected chi connectivity index (χ1v) is 8.58. The topological polar surface area (TPSA) is 89.9 Å². The molecule has 1 saturated heterocycles. The number of carbonyl (C=O) groups excluding carboxylic acids is 1. The number of fused-ring (bicyclic) bond motifs is 1. The Morgan fingerprint density at radius 1 is 1.40 bits per heavy atom. The molecular formula is C17H20N6O2. The predicted molar refractivity (Wildman–Crippen MR) is 90.1 cm³/mol. The van der Waals surface area contributed by atoms with Crippen LogP contribution in [0.5, 0.6) is 0 Å². The molecule has 1 atom stereocenters. The number of amides is 1. The highest BCUT2D eigenvalue weighted by Gasteiger charge is 2.28. The van der Waals surface area contributed by atoms with Crippen molar-refractivity contribution >= 4 is 16.9 Å². The third-order valence-corrected chi connectivity index (χ3v) is 4.68. The van der Waals surface area contributed by atoms with Gasteiger partial charge in [0.05, 0.1) is 5.52 Å². The second-order valence-corrected chi connectivity index (χ2v) is 6.37. The molecule has 1 fully saturated rings. The molecule has 0 radical (unpaired) electrons. The molecule has 8 nitrogen and oxygen atoms in total. The largest absolute Gasteiger partial charge is 0.340 e. The lowest BCUT2D eigenvalue weighted by atomic mass is 9.96. The van der Waals surface area contributed by atoms with Crippen LogP contribution >= 0.6 is 0 Å². The van der Waals surface area contributed by atoms with E-state index < -0.39 is 0 Å². The molecule has 3 aromatic rings. The lowest BCUT2D eigenvalue weighted by Crippen LogP contribution is -2.39. The fraction of sp³-hybridized carbons (Fsp3) is 0.471. The molecule has 1 aromatic carbocycles. The van der Waals surface area contributed by atoms with Crippen molar-refractivity contribution in [1.82, 2.24) is 30.0 Å². The summed E-state index contributed by atoms with van der Waals surface area (Å²) in [6.45, 7) is 5.90. The summed E-state index contributed by atoms with van der Waals surface area (Å²) < 4.78 is 6.90. The van der Waals surface area contributed by atoms with E-state index in [9.17, 15) is 4.79 Å². The zero-order chi connectivity index (χ0) is 17.4. The average molecular weight is 340 g/mol. The molecule has 0 bridgehead atoms. The highest BCUT2D eigenvalue weighted by Crippen LogP contribution is 2.26. The number of aryl methyl sites for hydroxylation is 2. The van der Waals surface area contributed by atoms with Crippen LogP contribution in [0.1, 0.15) is 47.8 Å². The first kappa shape index (κ1) is 15.7. The summed E-state index contributed by atoms with van der Waals surface area (Å²) in [5.41, 5.74) is 2.33. The van der Waals surface area contributed by atoms with Crippen molar-refractivity contribution < 1.29 is 9.32 Å². The van der Waals surface area contributed by atoms with Crippen LogP contribution < -0.4 is 0 Å². The van der Waals surface area contributed by atoms with Gasteiger partial charge in [0.1, 0.15) is 5.52 Å². The normalized spacial score (nSPS) is 18.0. The summed E-state index contributed by atoms with van der Waals surface area (Å²) in [7, 11) is 0.